The maximum atomic E-state index is 5.86. The lowest BCUT2D eigenvalue weighted by molar-refractivity contribution is 0.478. The molecule has 3 aromatic rings. The summed E-state index contributed by atoms with van der Waals surface area (Å²) >= 11 is 1.65. The summed E-state index contributed by atoms with van der Waals surface area (Å²) in [5.41, 5.74) is 6.05. The summed E-state index contributed by atoms with van der Waals surface area (Å²) in [6.07, 6.45) is 0. The van der Waals surface area contributed by atoms with Crippen molar-refractivity contribution in [1.82, 2.24) is 5.43 Å². The second-order valence-electron chi connectivity index (χ2n) is 4.35. The lowest BCUT2D eigenvalue weighted by atomic mass is 10.1. The van der Waals surface area contributed by atoms with E-state index in [0.717, 1.165) is 22.3 Å². The number of aryl methyl sites for hydroxylation is 1. The molecule has 1 atom stereocenters. The van der Waals surface area contributed by atoms with Crippen LogP contribution in [0.4, 0.5) is 0 Å². The van der Waals surface area contributed by atoms with Gasteiger partial charge >= 0.3 is 0 Å². The van der Waals surface area contributed by atoms with Crippen molar-refractivity contribution in [3.63, 3.8) is 0 Å². The van der Waals surface area contributed by atoms with Gasteiger partial charge in [0.05, 0.1) is 0 Å². The van der Waals surface area contributed by atoms with E-state index in [1.165, 1.54) is 5.56 Å². The maximum Gasteiger partial charge on any atom is 0.134 e. The van der Waals surface area contributed by atoms with Crippen LogP contribution in [-0.2, 0) is 0 Å². The highest BCUT2D eigenvalue weighted by Gasteiger charge is 2.17. The molecule has 3 N–H and O–H groups in total. The largest absolute Gasteiger partial charge is 0.459 e. The molecule has 0 spiro atoms. The summed E-state index contributed by atoms with van der Waals surface area (Å²) < 4.78 is 5.86. The van der Waals surface area contributed by atoms with E-state index < -0.39 is 0 Å². The minimum Gasteiger partial charge on any atom is -0.459 e. The summed E-state index contributed by atoms with van der Waals surface area (Å²) in [6.45, 7) is 2.07. The average molecular weight is 258 g/mol. The lowest BCUT2D eigenvalue weighted by Crippen LogP contribution is -2.28. The Morgan fingerprint density at radius 3 is 2.89 bits per heavy atom. The van der Waals surface area contributed by atoms with E-state index in [4.69, 9.17) is 10.3 Å². The second-order valence-corrected chi connectivity index (χ2v) is 5.13. The molecule has 0 radical (unpaired) electrons. The van der Waals surface area contributed by atoms with Crippen molar-refractivity contribution in [2.75, 3.05) is 0 Å². The third-order valence-electron chi connectivity index (χ3n) is 3.02. The zero-order valence-electron chi connectivity index (χ0n) is 10.0. The van der Waals surface area contributed by atoms with Crippen molar-refractivity contribution in [2.24, 2.45) is 5.84 Å². The van der Waals surface area contributed by atoms with Crippen LogP contribution in [0.5, 0.6) is 0 Å². The second kappa shape index (κ2) is 4.57. The van der Waals surface area contributed by atoms with Gasteiger partial charge in [0.2, 0.25) is 0 Å². The van der Waals surface area contributed by atoms with Crippen LogP contribution in [0.15, 0.2) is 45.5 Å². The minimum atomic E-state index is -0.0936. The zero-order chi connectivity index (χ0) is 12.5. The molecule has 0 saturated carbocycles. The quantitative estimate of drug-likeness (QED) is 0.559. The van der Waals surface area contributed by atoms with E-state index in [1.54, 1.807) is 11.3 Å². The van der Waals surface area contributed by atoms with Crippen molar-refractivity contribution in [1.29, 1.82) is 0 Å². The van der Waals surface area contributed by atoms with Crippen molar-refractivity contribution >= 4 is 22.3 Å². The SMILES string of the molecule is Cc1ccc2oc(C(NN)c3ccsc3)cc2c1. The van der Waals surface area contributed by atoms with Gasteiger partial charge in [-0.1, -0.05) is 11.6 Å². The molecule has 0 aliphatic carbocycles. The first-order valence-electron chi connectivity index (χ1n) is 5.76. The zero-order valence-corrected chi connectivity index (χ0v) is 10.8. The first-order valence-corrected chi connectivity index (χ1v) is 6.70. The van der Waals surface area contributed by atoms with Crippen molar-refractivity contribution < 1.29 is 4.42 Å². The molecule has 2 aromatic heterocycles. The van der Waals surface area contributed by atoms with Gasteiger partial charge in [-0.3, -0.25) is 5.84 Å². The van der Waals surface area contributed by atoms with E-state index in [2.05, 4.69) is 23.8 Å². The van der Waals surface area contributed by atoms with E-state index in [9.17, 15) is 0 Å². The molecule has 2 heterocycles. The molecule has 18 heavy (non-hydrogen) atoms. The summed E-state index contributed by atoms with van der Waals surface area (Å²) in [4.78, 5) is 0. The molecule has 1 unspecified atom stereocenters. The third-order valence-corrected chi connectivity index (χ3v) is 3.72. The topological polar surface area (TPSA) is 51.2 Å². The van der Waals surface area contributed by atoms with Gasteiger partial charge in [0.1, 0.15) is 17.4 Å². The van der Waals surface area contributed by atoms with E-state index >= 15 is 0 Å². The number of thiophene rings is 1. The van der Waals surface area contributed by atoms with Crippen molar-refractivity contribution in [3.8, 4) is 0 Å². The first kappa shape index (κ1) is 11.5. The van der Waals surface area contributed by atoms with Gasteiger partial charge in [0, 0.05) is 5.39 Å². The van der Waals surface area contributed by atoms with Crippen LogP contribution in [0.2, 0.25) is 0 Å². The van der Waals surface area contributed by atoms with Gasteiger partial charge in [-0.05, 0) is 47.5 Å². The number of hydrogen-bond acceptors (Lipinski definition) is 4. The first-order chi connectivity index (χ1) is 8.78. The average Bonchev–Trinajstić information content (AvgIpc) is 2.98. The number of benzene rings is 1. The number of fused-ring (bicyclic) bond motifs is 1. The molecule has 0 aliphatic heterocycles. The Bertz CT molecular complexity index is 658. The predicted octanol–water partition coefficient (Wildman–Crippen LogP) is 3.36. The molecular weight excluding hydrogens is 244 g/mol. The van der Waals surface area contributed by atoms with Crippen LogP contribution in [0.3, 0.4) is 0 Å². The molecule has 4 heteroatoms. The van der Waals surface area contributed by atoms with Gasteiger partial charge in [0.25, 0.3) is 0 Å². The third kappa shape index (κ3) is 1.95. The summed E-state index contributed by atoms with van der Waals surface area (Å²) in [5.74, 6) is 6.49. The Labute approximate surface area is 109 Å². The highest BCUT2D eigenvalue weighted by Crippen LogP contribution is 2.29. The van der Waals surface area contributed by atoms with Crippen LogP contribution in [0.1, 0.15) is 22.9 Å². The fraction of sp³-hybridized carbons (Fsp3) is 0.143. The molecular formula is C14H14N2OS. The van der Waals surface area contributed by atoms with Gasteiger partial charge < -0.3 is 4.42 Å². The van der Waals surface area contributed by atoms with E-state index in [0.29, 0.717) is 0 Å². The molecule has 0 fully saturated rings. The molecule has 0 bridgehead atoms. The molecule has 0 amide bonds. The fourth-order valence-corrected chi connectivity index (χ4v) is 2.79. The summed E-state index contributed by atoms with van der Waals surface area (Å²) in [5, 5.41) is 5.22. The highest BCUT2D eigenvalue weighted by atomic mass is 32.1. The van der Waals surface area contributed by atoms with Crippen LogP contribution < -0.4 is 11.3 Å². The number of hydrazine groups is 1. The lowest BCUT2D eigenvalue weighted by Gasteiger charge is -2.10. The number of nitrogens with two attached hydrogens (primary N) is 1. The monoisotopic (exact) mass is 258 g/mol. The number of hydrogen-bond donors (Lipinski definition) is 2. The Morgan fingerprint density at radius 2 is 2.17 bits per heavy atom. The molecule has 3 rings (SSSR count). The van der Waals surface area contributed by atoms with Gasteiger partial charge in [0.15, 0.2) is 0 Å². The van der Waals surface area contributed by atoms with E-state index in [1.807, 2.05) is 29.6 Å². The minimum absolute atomic E-state index is 0.0936. The Kier molecular flexibility index (Phi) is 2.91. The van der Waals surface area contributed by atoms with Gasteiger partial charge in [-0.2, -0.15) is 11.3 Å². The Morgan fingerprint density at radius 1 is 1.28 bits per heavy atom. The van der Waals surface area contributed by atoms with Gasteiger partial charge in [-0.25, -0.2) is 5.43 Å². The van der Waals surface area contributed by atoms with E-state index in [-0.39, 0.29) is 6.04 Å². The normalized spacial score (nSPS) is 13.0. The molecule has 1 aromatic carbocycles. The molecule has 3 nitrogen and oxygen atoms in total. The van der Waals surface area contributed by atoms with Crippen LogP contribution in [-0.4, -0.2) is 0 Å². The van der Waals surface area contributed by atoms with Crippen LogP contribution in [0, 0.1) is 6.92 Å². The molecule has 0 saturated heterocycles. The van der Waals surface area contributed by atoms with Crippen molar-refractivity contribution in [2.45, 2.75) is 13.0 Å². The standard InChI is InChI=1S/C14H14N2OS/c1-9-2-3-12-11(6-9)7-13(17-12)14(16-15)10-4-5-18-8-10/h2-8,14,16H,15H2,1H3. The number of nitrogens with one attached hydrogen (secondary N) is 1. The predicted molar refractivity (Wildman–Crippen MR) is 74.4 cm³/mol. The fourth-order valence-electron chi connectivity index (χ4n) is 2.11. The van der Waals surface area contributed by atoms with Crippen LogP contribution >= 0.6 is 11.3 Å². The summed E-state index contributed by atoms with van der Waals surface area (Å²) in [7, 11) is 0. The Balaban J connectivity index is 2.07. The smallest absolute Gasteiger partial charge is 0.134 e. The van der Waals surface area contributed by atoms with Gasteiger partial charge in [-0.15, -0.1) is 0 Å². The molecule has 92 valence electrons. The number of furan rings is 1. The Hall–Kier alpha value is -1.62. The molecule has 0 aliphatic rings. The maximum absolute atomic E-state index is 5.86. The highest BCUT2D eigenvalue weighted by molar-refractivity contribution is 7.08. The number of rotatable bonds is 3. The van der Waals surface area contributed by atoms with Crippen LogP contribution in [0.25, 0.3) is 11.0 Å². The van der Waals surface area contributed by atoms with Crippen molar-refractivity contribution in [3.05, 3.63) is 58.0 Å². The summed E-state index contributed by atoms with van der Waals surface area (Å²) in [6, 6.07) is 10.2.